The highest BCUT2D eigenvalue weighted by atomic mass is 16.3. The van der Waals surface area contributed by atoms with Gasteiger partial charge in [0, 0.05) is 18.6 Å². The molecular weight excluding hydrogens is 162 g/mol. The summed E-state index contributed by atoms with van der Waals surface area (Å²) in [5.74, 6) is 0.245. The molecule has 2 nitrogen and oxygen atoms in total. The van der Waals surface area contributed by atoms with Gasteiger partial charge in [-0.05, 0) is 24.0 Å². The van der Waals surface area contributed by atoms with Crippen LogP contribution in [0.3, 0.4) is 0 Å². The number of rotatable bonds is 1. The third-order valence-corrected chi connectivity index (χ3v) is 2.94. The van der Waals surface area contributed by atoms with Crippen LogP contribution < -0.4 is 5.73 Å². The highest BCUT2D eigenvalue weighted by Gasteiger charge is 2.25. The van der Waals surface area contributed by atoms with E-state index in [9.17, 15) is 0 Å². The van der Waals surface area contributed by atoms with Gasteiger partial charge in [-0.3, -0.25) is 0 Å². The maximum Gasteiger partial charge on any atom is 0.0477 e. The highest BCUT2D eigenvalue weighted by Crippen LogP contribution is 2.31. The van der Waals surface area contributed by atoms with Gasteiger partial charge in [-0.1, -0.05) is 24.3 Å². The van der Waals surface area contributed by atoms with E-state index in [1.165, 1.54) is 11.1 Å². The zero-order valence-electron chi connectivity index (χ0n) is 7.61. The number of aliphatic hydroxyl groups is 1. The Morgan fingerprint density at radius 2 is 2.15 bits per heavy atom. The van der Waals surface area contributed by atoms with Gasteiger partial charge in [-0.25, -0.2) is 0 Å². The molecular formula is C11H15NO. The summed E-state index contributed by atoms with van der Waals surface area (Å²) in [7, 11) is 0. The molecule has 2 unspecified atom stereocenters. The second-order valence-corrected chi connectivity index (χ2v) is 3.71. The van der Waals surface area contributed by atoms with E-state index in [0.717, 1.165) is 12.8 Å². The average molecular weight is 177 g/mol. The molecule has 0 fully saturated rings. The summed E-state index contributed by atoms with van der Waals surface area (Å²) >= 11 is 0. The van der Waals surface area contributed by atoms with Gasteiger partial charge in [0.05, 0.1) is 0 Å². The fourth-order valence-electron chi connectivity index (χ4n) is 2.07. The van der Waals surface area contributed by atoms with Crippen LogP contribution in [0.2, 0.25) is 0 Å². The van der Waals surface area contributed by atoms with Crippen molar-refractivity contribution in [2.24, 2.45) is 11.7 Å². The Labute approximate surface area is 78.4 Å². The first-order chi connectivity index (χ1) is 6.33. The summed E-state index contributed by atoms with van der Waals surface area (Å²) in [6.45, 7) is 0.204. The molecule has 1 aliphatic carbocycles. The summed E-state index contributed by atoms with van der Waals surface area (Å²) in [6, 6.07) is 8.28. The smallest absolute Gasteiger partial charge is 0.0477 e. The molecule has 0 aliphatic heterocycles. The fourth-order valence-corrected chi connectivity index (χ4v) is 2.07. The second-order valence-electron chi connectivity index (χ2n) is 3.71. The molecule has 0 spiro atoms. The average Bonchev–Trinajstić information content (AvgIpc) is 2.19. The third kappa shape index (κ3) is 1.47. The van der Waals surface area contributed by atoms with E-state index in [4.69, 9.17) is 10.8 Å². The van der Waals surface area contributed by atoms with Crippen LogP contribution in [0.15, 0.2) is 24.3 Å². The van der Waals surface area contributed by atoms with Crippen LogP contribution in [0.25, 0.3) is 0 Å². The maximum atomic E-state index is 9.11. The van der Waals surface area contributed by atoms with Crippen molar-refractivity contribution in [3.63, 3.8) is 0 Å². The van der Waals surface area contributed by atoms with Crippen LogP contribution in [0.1, 0.15) is 23.6 Å². The molecule has 0 aromatic heterocycles. The van der Waals surface area contributed by atoms with Gasteiger partial charge in [-0.2, -0.15) is 0 Å². The lowest BCUT2D eigenvalue weighted by Crippen LogP contribution is -2.29. The number of fused-ring (bicyclic) bond motifs is 1. The first-order valence-corrected chi connectivity index (χ1v) is 4.77. The predicted molar refractivity (Wildman–Crippen MR) is 52.3 cm³/mol. The molecule has 3 N–H and O–H groups in total. The summed E-state index contributed by atoms with van der Waals surface area (Å²) < 4.78 is 0. The molecule has 2 heteroatoms. The Morgan fingerprint density at radius 3 is 2.92 bits per heavy atom. The summed E-state index contributed by atoms with van der Waals surface area (Å²) in [4.78, 5) is 0. The monoisotopic (exact) mass is 177 g/mol. The minimum Gasteiger partial charge on any atom is -0.396 e. The van der Waals surface area contributed by atoms with Gasteiger partial charge in [0.15, 0.2) is 0 Å². The minimum atomic E-state index is 0.0231. The van der Waals surface area contributed by atoms with Gasteiger partial charge in [-0.15, -0.1) is 0 Å². The van der Waals surface area contributed by atoms with Gasteiger partial charge in [0.2, 0.25) is 0 Å². The SMILES string of the molecule is NC1c2ccccc2CCC1CO. The largest absolute Gasteiger partial charge is 0.396 e. The molecule has 1 aromatic carbocycles. The van der Waals surface area contributed by atoms with Crippen LogP contribution in [-0.4, -0.2) is 11.7 Å². The van der Waals surface area contributed by atoms with Gasteiger partial charge >= 0.3 is 0 Å². The molecule has 1 aliphatic rings. The number of benzene rings is 1. The Kier molecular flexibility index (Phi) is 2.34. The lowest BCUT2D eigenvalue weighted by atomic mass is 9.81. The summed E-state index contributed by atoms with van der Waals surface area (Å²) in [5.41, 5.74) is 8.60. The maximum absolute atomic E-state index is 9.11. The van der Waals surface area contributed by atoms with Crippen molar-refractivity contribution in [1.82, 2.24) is 0 Å². The van der Waals surface area contributed by atoms with Crippen LogP contribution in [0.4, 0.5) is 0 Å². The normalized spacial score (nSPS) is 26.9. The Balaban J connectivity index is 2.33. The first kappa shape index (κ1) is 8.73. The van der Waals surface area contributed by atoms with Gasteiger partial charge in [0.25, 0.3) is 0 Å². The molecule has 2 rings (SSSR count). The van der Waals surface area contributed by atoms with Crippen molar-refractivity contribution in [3.8, 4) is 0 Å². The Hall–Kier alpha value is -0.860. The molecule has 2 atom stereocenters. The number of hydrogen-bond acceptors (Lipinski definition) is 2. The van der Waals surface area contributed by atoms with E-state index in [2.05, 4.69) is 12.1 Å². The van der Waals surface area contributed by atoms with E-state index in [0.29, 0.717) is 0 Å². The van der Waals surface area contributed by atoms with Crippen LogP contribution in [0, 0.1) is 5.92 Å². The third-order valence-electron chi connectivity index (χ3n) is 2.94. The van der Waals surface area contributed by atoms with Gasteiger partial charge in [0.1, 0.15) is 0 Å². The van der Waals surface area contributed by atoms with E-state index in [-0.39, 0.29) is 18.6 Å². The first-order valence-electron chi connectivity index (χ1n) is 4.77. The van der Waals surface area contributed by atoms with Crippen molar-refractivity contribution in [3.05, 3.63) is 35.4 Å². The fraction of sp³-hybridized carbons (Fsp3) is 0.455. The lowest BCUT2D eigenvalue weighted by molar-refractivity contribution is 0.190. The van der Waals surface area contributed by atoms with E-state index in [1.54, 1.807) is 0 Å². The van der Waals surface area contributed by atoms with Crippen molar-refractivity contribution in [1.29, 1.82) is 0 Å². The molecule has 1 aromatic rings. The number of aryl methyl sites for hydroxylation is 1. The number of hydrogen-bond donors (Lipinski definition) is 2. The highest BCUT2D eigenvalue weighted by molar-refractivity contribution is 5.32. The Bertz CT molecular complexity index is 298. The topological polar surface area (TPSA) is 46.2 Å². The Morgan fingerprint density at radius 1 is 1.38 bits per heavy atom. The zero-order chi connectivity index (χ0) is 9.26. The molecule has 0 radical (unpaired) electrons. The van der Waals surface area contributed by atoms with Crippen molar-refractivity contribution in [2.45, 2.75) is 18.9 Å². The van der Waals surface area contributed by atoms with Crippen LogP contribution in [0.5, 0.6) is 0 Å². The quantitative estimate of drug-likeness (QED) is 0.678. The molecule has 0 bridgehead atoms. The van der Waals surface area contributed by atoms with E-state index in [1.807, 2.05) is 12.1 Å². The van der Waals surface area contributed by atoms with Crippen molar-refractivity contribution in [2.75, 3.05) is 6.61 Å². The molecule has 70 valence electrons. The number of aliphatic hydroxyl groups excluding tert-OH is 1. The van der Waals surface area contributed by atoms with Crippen molar-refractivity contribution < 1.29 is 5.11 Å². The van der Waals surface area contributed by atoms with E-state index < -0.39 is 0 Å². The van der Waals surface area contributed by atoms with Crippen molar-refractivity contribution >= 4 is 0 Å². The summed E-state index contributed by atoms with van der Waals surface area (Å²) in [5, 5.41) is 9.11. The minimum absolute atomic E-state index is 0.0231. The van der Waals surface area contributed by atoms with Crippen LogP contribution in [-0.2, 0) is 6.42 Å². The van der Waals surface area contributed by atoms with Crippen LogP contribution >= 0.6 is 0 Å². The standard InChI is InChI=1S/C11H15NO/c12-11-9(7-13)6-5-8-3-1-2-4-10(8)11/h1-4,9,11,13H,5-7,12H2. The predicted octanol–water partition coefficient (Wildman–Crippen LogP) is 1.24. The van der Waals surface area contributed by atoms with E-state index >= 15 is 0 Å². The zero-order valence-corrected chi connectivity index (χ0v) is 7.61. The molecule has 0 saturated heterocycles. The summed E-state index contributed by atoms with van der Waals surface area (Å²) in [6.07, 6.45) is 2.06. The van der Waals surface area contributed by atoms with Gasteiger partial charge < -0.3 is 10.8 Å². The lowest BCUT2D eigenvalue weighted by Gasteiger charge is -2.29. The molecule has 13 heavy (non-hydrogen) atoms. The molecule has 0 amide bonds. The molecule has 0 saturated carbocycles. The second kappa shape index (κ2) is 3.48. The number of nitrogens with two attached hydrogens (primary N) is 1. The molecule has 0 heterocycles.